The van der Waals surface area contributed by atoms with Gasteiger partial charge in [0.1, 0.15) is 0 Å². The molecule has 1 aromatic rings. The molecule has 2 heteroatoms. The van der Waals surface area contributed by atoms with Crippen LogP contribution in [0.5, 0.6) is 0 Å². The van der Waals surface area contributed by atoms with Gasteiger partial charge < -0.3 is 0 Å². The predicted octanol–water partition coefficient (Wildman–Crippen LogP) is 5.52. The van der Waals surface area contributed by atoms with E-state index in [0.717, 1.165) is 5.75 Å². The van der Waals surface area contributed by atoms with Crippen molar-refractivity contribution in [1.82, 2.24) is 0 Å². The number of hydrogen-bond acceptors (Lipinski definition) is 1. The summed E-state index contributed by atoms with van der Waals surface area (Å²) < 4.78 is 1.19. The molecule has 0 saturated carbocycles. The normalized spacial score (nSPS) is 14.5. The van der Waals surface area contributed by atoms with Crippen LogP contribution in [0.15, 0.2) is 33.6 Å². The number of unbranched alkanes of at least 4 members (excludes halogenated alkanes) is 2. The monoisotopic (exact) mass is 296 g/mol. The van der Waals surface area contributed by atoms with Crippen molar-refractivity contribution in [2.45, 2.75) is 37.5 Å². The third-order valence-corrected chi connectivity index (χ3v) is 4.38. The zero-order valence-electron chi connectivity index (χ0n) is 9.63. The van der Waals surface area contributed by atoms with Crippen LogP contribution in [-0.4, -0.2) is 5.75 Å². The molecule has 2 rings (SSSR count). The number of benzene rings is 1. The van der Waals surface area contributed by atoms with Gasteiger partial charge in [0, 0.05) is 15.1 Å². The van der Waals surface area contributed by atoms with Crippen molar-refractivity contribution in [2.75, 3.05) is 5.75 Å². The fourth-order valence-electron chi connectivity index (χ4n) is 2.03. The molecule has 0 nitrogen and oxygen atoms in total. The first-order chi connectivity index (χ1) is 7.81. The largest absolute Gasteiger partial charge is 0.121 e. The lowest BCUT2D eigenvalue weighted by Crippen LogP contribution is -1.95. The van der Waals surface area contributed by atoms with Crippen LogP contribution in [0.2, 0.25) is 0 Å². The Kier molecular flexibility index (Phi) is 4.54. The highest BCUT2D eigenvalue weighted by Gasteiger charge is 2.12. The molecule has 1 aliphatic heterocycles. The molecule has 0 saturated heterocycles. The molecule has 0 aliphatic carbocycles. The van der Waals surface area contributed by atoms with E-state index in [4.69, 9.17) is 0 Å². The van der Waals surface area contributed by atoms with Gasteiger partial charge in [0.15, 0.2) is 0 Å². The number of halogens is 1. The molecule has 0 fully saturated rings. The first-order valence-corrected chi connectivity index (χ1v) is 7.71. The van der Waals surface area contributed by atoms with E-state index in [1.807, 2.05) is 11.8 Å². The molecular formula is C14H17BrS. The number of rotatable bonds is 4. The molecule has 0 amide bonds. The van der Waals surface area contributed by atoms with Crippen LogP contribution in [0, 0.1) is 0 Å². The Morgan fingerprint density at radius 3 is 3.00 bits per heavy atom. The fourth-order valence-corrected chi connectivity index (χ4v) is 3.57. The van der Waals surface area contributed by atoms with Crippen molar-refractivity contribution in [3.05, 3.63) is 34.3 Å². The lowest BCUT2D eigenvalue weighted by Gasteiger charge is -2.17. The summed E-state index contributed by atoms with van der Waals surface area (Å²) in [4.78, 5) is 1.43. The van der Waals surface area contributed by atoms with E-state index >= 15 is 0 Å². The minimum Gasteiger partial charge on any atom is -0.121 e. The number of thioether (sulfide) groups is 1. The molecular weight excluding hydrogens is 280 g/mol. The quantitative estimate of drug-likeness (QED) is 0.659. The summed E-state index contributed by atoms with van der Waals surface area (Å²) in [6.45, 7) is 2.26. The molecule has 0 bridgehead atoms. The summed E-state index contributed by atoms with van der Waals surface area (Å²) in [5, 5.41) is 0. The van der Waals surface area contributed by atoms with E-state index < -0.39 is 0 Å². The first-order valence-electron chi connectivity index (χ1n) is 5.93. The van der Waals surface area contributed by atoms with Crippen molar-refractivity contribution in [2.24, 2.45) is 0 Å². The van der Waals surface area contributed by atoms with Crippen LogP contribution in [0.25, 0.3) is 5.57 Å². The number of hydrogen-bond donors (Lipinski definition) is 0. The molecule has 16 heavy (non-hydrogen) atoms. The smallest absolute Gasteiger partial charge is 0.0186 e. The Labute approximate surface area is 111 Å². The van der Waals surface area contributed by atoms with Gasteiger partial charge >= 0.3 is 0 Å². The second-order valence-corrected chi connectivity index (χ2v) is 6.12. The Morgan fingerprint density at radius 1 is 1.31 bits per heavy atom. The maximum Gasteiger partial charge on any atom is 0.0186 e. The summed E-state index contributed by atoms with van der Waals surface area (Å²) in [5.74, 6) is 1.13. The second-order valence-electron chi connectivity index (χ2n) is 4.14. The highest BCUT2D eigenvalue weighted by Crippen LogP contribution is 2.37. The first kappa shape index (κ1) is 12.3. The lowest BCUT2D eigenvalue weighted by atomic mass is 9.99. The third-order valence-electron chi connectivity index (χ3n) is 2.91. The highest BCUT2D eigenvalue weighted by atomic mass is 79.9. The average molecular weight is 297 g/mol. The van der Waals surface area contributed by atoms with Gasteiger partial charge in [-0.25, -0.2) is 0 Å². The van der Waals surface area contributed by atoms with E-state index in [2.05, 4.69) is 47.1 Å². The van der Waals surface area contributed by atoms with E-state index in [-0.39, 0.29) is 0 Å². The molecule has 1 heterocycles. The molecule has 86 valence electrons. The summed E-state index contributed by atoms with van der Waals surface area (Å²) in [5.41, 5.74) is 3.00. The minimum absolute atomic E-state index is 1.13. The highest BCUT2D eigenvalue weighted by molar-refractivity contribution is 9.10. The maximum atomic E-state index is 3.54. The van der Waals surface area contributed by atoms with Gasteiger partial charge in [-0.3, -0.25) is 0 Å². The fraction of sp³-hybridized carbons (Fsp3) is 0.429. The maximum absolute atomic E-state index is 3.54. The van der Waals surface area contributed by atoms with Crippen LogP contribution in [0.4, 0.5) is 0 Å². The lowest BCUT2D eigenvalue weighted by molar-refractivity contribution is 0.734. The van der Waals surface area contributed by atoms with Gasteiger partial charge in [-0.2, -0.15) is 0 Å². The standard InChI is InChI=1S/C14H17BrS/c1-2-3-4-5-11-8-9-16-14-10-12(15)6-7-13(11)14/h6-8,10H,2-5,9H2,1H3. The zero-order chi connectivity index (χ0) is 11.4. The van der Waals surface area contributed by atoms with Gasteiger partial charge in [-0.15, -0.1) is 11.8 Å². The molecule has 0 N–H and O–H groups in total. The van der Waals surface area contributed by atoms with Crippen LogP contribution < -0.4 is 0 Å². The van der Waals surface area contributed by atoms with Crippen molar-refractivity contribution in [3.63, 3.8) is 0 Å². The average Bonchev–Trinajstić information content (AvgIpc) is 2.29. The van der Waals surface area contributed by atoms with Crippen molar-refractivity contribution in [3.8, 4) is 0 Å². The summed E-state index contributed by atoms with van der Waals surface area (Å²) in [6, 6.07) is 6.65. The molecule has 0 unspecified atom stereocenters. The van der Waals surface area contributed by atoms with Crippen molar-refractivity contribution >= 4 is 33.3 Å². The number of fused-ring (bicyclic) bond motifs is 1. The molecule has 0 atom stereocenters. The Morgan fingerprint density at radius 2 is 2.19 bits per heavy atom. The Hall–Kier alpha value is -0.210. The second kappa shape index (κ2) is 5.92. The van der Waals surface area contributed by atoms with Gasteiger partial charge in [0.05, 0.1) is 0 Å². The van der Waals surface area contributed by atoms with Crippen molar-refractivity contribution in [1.29, 1.82) is 0 Å². The molecule has 1 aromatic carbocycles. The zero-order valence-corrected chi connectivity index (χ0v) is 12.0. The van der Waals surface area contributed by atoms with Gasteiger partial charge in [-0.1, -0.05) is 47.8 Å². The van der Waals surface area contributed by atoms with E-state index in [1.165, 1.54) is 40.6 Å². The topological polar surface area (TPSA) is 0 Å². The summed E-state index contributed by atoms with van der Waals surface area (Å²) in [7, 11) is 0. The summed E-state index contributed by atoms with van der Waals surface area (Å²) >= 11 is 5.48. The molecule has 0 aromatic heterocycles. The van der Waals surface area contributed by atoms with Crippen LogP contribution in [0.3, 0.4) is 0 Å². The predicted molar refractivity (Wildman–Crippen MR) is 77.0 cm³/mol. The van der Waals surface area contributed by atoms with Gasteiger partial charge in [-0.05, 0) is 36.1 Å². The van der Waals surface area contributed by atoms with E-state index in [0.29, 0.717) is 0 Å². The van der Waals surface area contributed by atoms with E-state index in [9.17, 15) is 0 Å². The molecule has 0 spiro atoms. The van der Waals surface area contributed by atoms with Gasteiger partial charge in [0.25, 0.3) is 0 Å². The van der Waals surface area contributed by atoms with Crippen LogP contribution in [-0.2, 0) is 0 Å². The summed E-state index contributed by atoms with van der Waals surface area (Å²) in [6.07, 6.45) is 7.60. The minimum atomic E-state index is 1.13. The Bertz CT molecular complexity index is 396. The van der Waals surface area contributed by atoms with Crippen LogP contribution in [0.1, 0.15) is 38.2 Å². The third kappa shape index (κ3) is 2.92. The SMILES string of the molecule is CCCCCC1=CCSc2cc(Br)ccc21. The van der Waals surface area contributed by atoms with Gasteiger partial charge in [0.2, 0.25) is 0 Å². The van der Waals surface area contributed by atoms with Crippen molar-refractivity contribution < 1.29 is 0 Å². The molecule has 1 aliphatic rings. The number of allylic oxidation sites excluding steroid dienone is 1. The Balaban J connectivity index is 2.13. The van der Waals surface area contributed by atoms with E-state index in [1.54, 1.807) is 5.57 Å². The molecule has 0 radical (unpaired) electrons. The van der Waals surface area contributed by atoms with Crippen LogP contribution >= 0.6 is 27.7 Å².